The van der Waals surface area contributed by atoms with E-state index in [0.29, 0.717) is 5.95 Å². The summed E-state index contributed by atoms with van der Waals surface area (Å²) in [5, 5.41) is 5.31. The van der Waals surface area contributed by atoms with E-state index < -0.39 is 0 Å². The van der Waals surface area contributed by atoms with Gasteiger partial charge in [0.1, 0.15) is 5.75 Å². The van der Waals surface area contributed by atoms with Crippen LogP contribution in [0.4, 0.5) is 5.95 Å². The van der Waals surface area contributed by atoms with Crippen LogP contribution in [0.2, 0.25) is 0 Å². The van der Waals surface area contributed by atoms with Gasteiger partial charge in [0.25, 0.3) is 0 Å². The second-order valence-electron chi connectivity index (χ2n) is 6.43. The largest absolute Gasteiger partial charge is 0.497 e. The zero-order valence-corrected chi connectivity index (χ0v) is 15.8. The maximum absolute atomic E-state index is 5.24. The molecule has 5 heteroatoms. The molecule has 1 aromatic heterocycles. The molecule has 0 aliphatic heterocycles. The summed E-state index contributed by atoms with van der Waals surface area (Å²) in [6.45, 7) is 2.07. The van der Waals surface area contributed by atoms with Crippen LogP contribution >= 0.6 is 0 Å². The maximum Gasteiger partial charge on any atom is 0.244 e. The van der Waals surface area contributed by atoms with Crippen LogP contribution in [0, 0.1) is 6.92 Å². The van der Waals surface area contributed by atoms with E-state index >= 15 is 0 Å². The van der Waals surface area contributed by atoms with Crippen molar-refractivity contribution in [3.8, 4) is 17.0 Å². The molecule has 1 N–H and O–H groups in total. The summed E-state index contributed by atoms with van der Waals surface area (Å²) in [6, 6.07) is 24.0. The number of rotatable bonds is 5. The van der Waals surface area contributed by atoms with E-state index in [0.717, 1.165) is 33.5 Å². The molecule has 28 heavy (non-hydrogen) atoms. The predicted molar refractivity (Wildman–Crippen MR) is 114 cm³/mol. The van der Waals surface area contributed by atoms with Crippen molar-refractivity contribution in [2.75, 3.05) is 12.5 Å². The fourth-order valence-corrected chi connectivity index (χ4v) is 2.99. The van der Waals surface area contributed by atoms with Gasteiger partial charge in [-0.05, 0) is 36.8 Å². The molecule has 0 radical (unpaired) electrons. The van der Waals surface area contributed by atoms with Gasteiger partial charge < -0.3 is 4.74 Å². The van der Waals surface area contributed by atoms with Crippen molar-refractivity contribution in [2.45, 2.75) is 6.92 Å². The highest BCUT2D eigenvalue weighted by Crippen LogP contribution is 2.28. The van der Waals surface area contributed by atoms with E-state index in [1.807, 2.05) is 66.7 Å². The lowest BCUT2D eigenvalue weighted by Crippen LogP contribution is -2.00. The normalized spacial score (nSPS) is 11.1. The topological polar surface area (TPSA) is 59.4 Å². The molecule has 3 aromatic carbocycles. The summed E-state index contributed by atoms with van der Waals surface area (Å²) in [4.78, 5) is 9.32. The fourth-order valence-electron chi connectivity index (χ4n) is 2.99. The Balaban J connectivity index is 1.69. The van der Waals surface area contributed by atoms with Gasteiger partial charge in [-0.3, -0.25) is 0 Å². The first kappa shape index (κ1) is 17.7. The third kappa shape index (κ3) is 3.83. The Kier molecular flexibility index (Phi) is 4.97. The van der Waals surface area contributed by atoms with Gasteiger partial charge in [-0.15, -0.1) is 0 Å². The van der Waals surface area contributed by atoms with Gasteiger partial charge in [0.2, 0.25) is 5.95 Å². The zero-order valence-electron chi connectivity index (χ0n) is 15.8. The number of nitrogens with one attached hydrogen (secondary N) is 1. The molecule has 5 nitrogen and oxygen atoms in total. The predicted octanol–water partition coefficient (Wildman–Crippen LogP) is 5.06. The molecule has 0 saturated heterocycles. The molecule has 0 aliphatic rings. The van der Waals surface area contributed by atoms with Crippen LogP contribution in [0.1, 0.15) is 11.1 Å². The monoisotopic (exact) mass is 368 g/mol. The molecule has 0 atom stereocenters. The number of aryl methyl sites for hydroxylation is 1. The summed E-state index contributed by atoms with van der Waals surface area (Å²) in [6.07, 6.45) is 1.72. The first-order valence-corrected chi connectivity index (χ1v) is 9.00. The van der Waals surface area contributed by atoms with Crippen LogP contribution in [0.5, 0.6) is 5.75 Å². The maximum atomic E-state index is 5.24. The zero-order chi connectivity index (χ0) is 19.3. The second-order valence-corrected chi connectivity index (χ2v) is 6.43. The van der Waals surface area contributed by atoms with E-state index in [1.54, 1.807) is 13.3 Å². The van der Waals surface area contributed by atoms with Gasteiger partial charge in [0.15, 0.2) is 0 Å². The van der Waals surface area contributed by atoms with Crippen LogP contribution in [0.3, 0.4) is 0 Å². The SMILES string of the molecule is COc1cccc(C=NNc2nc(-c3ccccc3)c3cc(C)ccc3n2)c1. The lowest BCUT2D eigenvalue weighted by molar-refractivity contribution is 0.415. The number of aromatic nitrogens is 2. The lowest BCUT2D eigenvalue weighted by atomic mass is 10.0. The van der Waals surface area contributed by atoms with Crippen molar-refractivity contribution in [1.82, 2.24) is 9.97 Å². The van der Waals surface area contributed by atoms with Crippen LogP contribution in [-0.2, 0) is 0 Å². The molecule has 0 saturated carbocycles. The molecule has 138 valence electrons. The van der Waals surface area contributed by atoms with E-state index in [9.17, 15) is 0 Å². The van der Waals surface area contributed by atoms with Crippen LogP contribution in [0.15, 0.2) is 77.9 Å². The Labute approximate surface area is 163 Å². The van der Waals surface area contributed by atoms with Gasteiger partial charge in [-0.25, -0.2) is 15.4 Å². The lowest BCUT2D eigenvalue weighted by Gasteiger charge is -2.09. The van der Waals surface area contributed by atoms with Gasteiger partial charge >= 0.3 is 0 Å². The fraction of sp³-hybridized carbons (Fsp3) is 0.0870. The smallest absolute Gasteiger partial charge is 0.244 e. The summed E-state index contributed by atoms with van der Waals surface area (Å²) in [5.74, 6) is 1.24. The molecule has 1 heterocycles. The number of nitrogens with zero attached hydrogens (tertiary/aromatic N) is 3. The number of methoxy groups -OCH3 is 1. The average Bonchev–Trinajstić information content (AvgIpc) is 2.74. The van der Waals surface area contributed by atoms with Crippen molar-refractivity contribution in [3.63, 3.8) is 0 Å². The average molecular weight is 368 g/mol. The Morgan fingerprint density at radius 1 is 0.929 bits per heavy atom. The molecular formula is C23H20N4O. The molecule has 0 aliphatic carbocycles. The Hall–Kier alpha value is -3.73. The molecule has 4 rings (SSSR count). The first-order valence-electron chi connectivity index (χ1n) is 9.00. The third-order valence-corrected chi connectivity index (χ3v) is 4.37. The Bertz CT molecular complexity index is 1140. The van der Waals surface area contributed by atoms with Crippen molar-refractivity contribution < 1.29 is 4.74 Å². The Morgan fingerprint density at radius 2 is 1.79 bits per heavy atom. The molecular weight excluding hydrogens is 348 g/mol. The molecule has 0 amide bonds. The third-order valence-electron chi connectivity index (χ3n) is 4.37. The number of benzene rings is 3. The first-order chi connectivity index (χ1) is 13.7. The quantitative estimate of drug-likeness (QED) is 0.395. The number of ether oxygens (including phenoxy) is 1. The molecule has 0 spiro atoms. The number of hydrazone groups is 1. The van der Waals surface area contributed by atoms with Gasteiger partial charge in [0, 0.05) is 10.9 Å². The van der Waals surface area contributed by atoms with Crippen LogP contribution in [0.25, 0.3) is 22.2 Å². The van der Waals surface area contributed by atoms with E-state index in [4.69, 9.17) is 9.72 Å². The minimum atomic E-state index is 0.453. The number of hydrogen-bond acceptors (Lipinski definition) is 5. The van der Waals surface area contributed by atoms with Crippen molar-refractivity contribution in [1.29, 1.82) is 0 Å². The van der Waals surface area contributed by atoms with E-state index in [1.165, 1.54) is 5.56 Å². The summed E-state index contributed by atoms with van der Waals surface area (Å²) in [5.41, 5.74) is 7.85. The molecule has 0 unspecified atom stereocenters. The molecule has 0 fully saturated rings. The minimum Gasteiger partial charge on any atom is -0.497 e. The van der Waals surface area contributed by atoms with E-state index in [-0.39, 0.29) is 0 Å². The minimum absolute atomic E-state index is 0.453. The highest BCUT2D eigenvalue weighted by molar-refractivity contribution is 5.93. The highest BCUT2D eigenvalue weighted by atomic mass is 16.5. The number of hydrogen-bond donors (Lipinski definition) is 1. The van der Waals surface area contributed by atoms with Crippen LogP contribution < -0.4 is 10.2 Å². The molecule has 0 bridgehead atoms. The van der Waals surface area contributed by atoms with Crippen molar-refractivity contribution in [3.05, 3.63) is 83.9 Å². The van der Waals surface area contributed by atoms with Crippen molar-refractivity contribution >= 4 is 23.1 Å². The Morgan fingerprint density at radius 3 is 2.61 bits per heavy atom. The van der Waals surface area contributed by atoms with Crippen LogP contribution in [-0.4, -0.2) is 23.3 Å². The van der Waals surface area contributed by atoms with E-state index in [2.05, 4.69) is 28.5 Å². The summed E-state index contributed by atoms with van der Waals surface area (Å²) < 4.78 is 5.24. The summed E-state index contributed by atoms with van der Waals surface area (Å²) >= 11 is 0. The number of fused-ring (bicyclic) bond motifs is 1. The van der Waals surface area contributed by atoms with Gasteiger partial charge in [-0.1, -0.05) is 54.1 Å². The summed E-state index contributed by atoms with van der Waals surface area (Å²) in [7, 11) is 1.64. The highest BCUT2D eigenvalue weighted by Gasteiger charge is 2.09. The van der Waals surface area contributed by atoms with Gasteiger partial charge in [-0.2, -0.15) is 5.10 Å². The molecule has 4 aromatic rings. The van der Waals surface area contributed by atoms with Gasteiger partial charge in [0.05, 0.1) is 24.5 Å². The van der Waals surface area contributed by atoms with Crippen molar-refractivity contribution in [2.24, 2.45) is 5.10 Å². The second kappa shape index (κ2) is 7.88. The standard InChI is InChI=1S/C23H20N4O/c1-16-11-12-21-20(13-16)22(18-8-4-3-5-9-18)26-23(25-21)27-24-15-17-7-6-10-19(14-17)28-2/h3-15H,1-2H3,(H,25,26,27). The number of anilines is 1.